The fourth-order valence-electron chi connectivity index (χ4n) is 3.78. The van der Waals surface area contributed by atoms with E-state index < -0.39 is 0 Å². The van der Waals surface area contributed by atoms with Crippen LogP contribution in [0.5, 0.6) is 0 Å². The average molecular weight is 409 g/mol. The molecule has 0 saturated carbocycles. The molecule has 0 radical (unpaired) electrons. The standard InChI is InChI=1S/C22H24N4O2S/c1-25-12-8-18(14-25)3-5-21(28)26-15-22(16-26)19(9-13-29-22)24-20(27)4-2-17-6-10-23-11-7-17/h2-8,10-12,14,19H,9,13,15-16H2,1H3,(H,24,27)/b4-2+,5-3+. The molecular formula is C22H24N4O2S. The minimum Gasteiger partial charge on any atom is -0.357 e. The lowest BCUT2D eigenvalue weighted by atomic mass is 9.88. The smallest absolute Gasteiger partial charge is 0.246 e. The number of amides is 2. The molecule has 6 nitrogen and oxygen atoms in total. The first-order valence-corrected chi connectivity index (χ1v) is 10.6. The van der Waals surface area contributed by atoms with Gasteiger partial charge in [0, 0.05) is 63.1 Å². The van der Waals surface area contributed by atoms with Crippen LogP contribution in [-0.4, -0.2) is 55.9 Å². The van der Waals surface area contributed by atoms with Gasteiger partial charge in [-0.2, -0.15) is 0 Å². The van der Waals surface area contributed by atoms with Crippen molar-refractivity contribution in [3.8, 4) is 0 Å². The van der Waals surface area contributed by atoms with Crippen LogP contribution in [0.15, 0.2) is 55.1 Å². The zero-order chi connectivity index (χ0) is 20.3. The molecule has 4 rings (SSSR count). The lowest BCUT2D eigenvalue weighted by Crippen LogP contribution is -2.68. The van der Waals surface area contributed by atoms with E-state index in [1.807, 2.05) is 64.9 Å². The first kappa shape index (κ1) is 19.5. The Morgan fingerprint density at radius 3 is 2.66 bits per heavy atom. The molecule has 29 heavy (non-hydrogen) atoms. The summed E-state index contributed by atoms with van der Waals surface area (Å²) in [6.45, 7) is 1.35. The topological polar surface area (TPSA) is 67.2 Å². The number of carbonyl (C=O) groups is 2. The number of pyridine rings is 1. The molecule has 0 aliphatic carbocycles. The Hall–Kier alpha value is -2.80. The highest BCUT2D eigenvalue weighted by atomic mass is 32.2. The molecule has 2 aliphatic rings. The molecule has 4 heterocycles. The Balaban J connectivity index is 1.31. The molecule has 2 amide bonds. The summed E-state index contributed by atoms with van der Waals surface area (Å²) < 4.78 is 1.89. The van der Waals surface area contributed by atoms with Crippen molar-refractivity contribution in [2.24, 2.45) is 7.05 Å². The number of thioether (sulfide) groups is 1. The third kappa shape index (κ3) is 4.45. The quantitative estimate of drug-likeness (QED) is 0.772. The van der Waals surface area contributed by atoms with Crippen LogP contribution < -0.4 is 5.32 Å². The van der Waals surface area contributed by atoms with Crippen molar-refractivity contribution in [2.75, 3.05) is 18.8 Å². The van der Waals surface area contributed by atoms with E-state index >= 15 is 0 Å². The Bertz CT molecular complexity index is 945. The summed E-state index contributed by atoms with van der Waals surface area (Å²) in [5.41, 5.74) is 1.95. The van der Waals surface area contributed by atoms with Gasteiger partial charge in [-0.3, -0.25) is 14.6 Å². The Labute approximate surface area is 174 Å². The van der Waals surface area contributed by atoms with E-state index in [0.29, 0.717) is 13.1 Å². The van der Waals surface area contributed by atoms with E-state index in [0.717, 1.165) is 23.3 Å². The van der Waals surface area contributed by atoms with Gasteiger partial charge in [0.05, 0.1) is 4.75 Å². The number of likely N-dealkylation sites (tertiary alicyclic amines) is 1. The fourth-order valence-corrected chi connectivity index (χ4v) is 5.41. The van der Waals surface area contributed by atoms with Crippen LogP contribution in [0.25, 0.3) is 12.2 Å². The molecule has 7 heteroatoms. The van der Waals surface area contributed by atoms with Crippen LogP contribution in [0.2, 0.25) is 0 Å². The van der Waals surface area contributed by atoms with Crippen molar-refractivity contribution in [2.45, 2.75) is 17.2 Å². The number of aromatic nitrogens is 2. The molecule has 2 aliphatic heterocycles. The zero-order valence-corrected chi connectivity index (χ0v) is 17.1. The largest absolute Gasteiger partial charge is 0.357 e. The normalized spacial score (nSPS) is 20.4. The molecule has 150 valence electrons. The monoisotopic (exact) mass is 408 g/mol. The van der Waals surface area contributed by atoms with E-state index in [4.69, 9.17) is 0 Å². The fraction of sp³-hybridized carbons (Fsp3) is 0.318. The van der Waals surface area contributed by atoms with Crippen molar-refractivity contribution >= 4 is 35.7 Å². The van der Waals surface area contributed by atoms with Crippen LogP contribution in [-0.2, 0) is 16.6 Å². The van der Waals surface area contributed by atoms with Gasteiger partial charge in [0.15, 0.2) is 0 Å². The second kappa shape index (κ2) is 8.29. The number of nitrogens with zero attached hydrogens (tertiary/aromatic N) is 3. The predicted molar refractivity (Wildman–Crippen MR) is 116 cm³/mol. The van der Waals surface area contributed by atoms with Crippen LogP contribution in [0, 0.1) is 0 Å². The summed E-state index contributed by atoms with van der Waals surface area (Å²) in [7, 11) is 1.95. The molecular weight excluding hydrogens is 384 g/mol. The SMILES string of the molecule is Cn1ccc(/C=C/C(=O)N2CC3(C2)SCCC3NC(=O)/C=C/c2ccncc2)c1. The Morgan fingerprint density at radius 1 is 1.17 bits per heavy atom. The zero-order valence-electron chi connectivity index (χ0n) is 16.3. The predicted octanol–water partition coefficient (Wildman–Crippen LogP) is 2.35. The molecule has 1 atom stereocenters. The van der Waals surface area contributed by atoms with Gasteiger partial charge in [0.2, 0.25) is 11.8 Å². The van der Waals surface area contributed by atoms with Gasteiger partial charge in [0.1, 0.15) is 0 Å². The summed E-state index contributed by atoms with van der Waals surface area (Å²) in [6, 6.07) is 5.77. The van der Waals surface area contributed by atoms with Gasteiger partial charge in [-0.05, 0) is 53.7 Å². The molecule has 0 aromatic carbocycles. The summed E-state index contributed by atoms with van der Waals surface area (Å²) in [4.78, 5) is 30.6. The van der Waals surface area contributed by atoms with Gasteiger partial charge < -0.3 is 14.8 Å². The van der Waals surface area contributed by atoms with E-state index in [1.165, 1.54) is 0 Å². The maximum absolute atomic E-state index is 12.5. The number of hydrogen-bond acceptors (Lipinski definition) is 4. The van der Waals surface area contributed by atoms with E-state index in [-0.39, 0.29) is 22.6 Å². The third-order valence-corrected chi connectivity index (χ3v) is 6.94. The Kier molecular flexibility index (Phi) is 5.58. The summed E-state index contributed by atoms with van der Waals surface area (Å²) in [6.07, 6.45) is 15.1. The van der Waals surface area contributed by atoms with E-state index in [9.17, 15) is 9.59 Å². The highest BCUT2D eigenvalue weighted by molar-refractivity contribution is 8.01. The Morgan fingerprint density at radius 2 is 1.93 bits per heavy atom. The maximum atomic E-state index is 12.5. The van der Waals surface area contributed by atoms with Crippen molar-refractivity contribution < 1.29 is 9.59 Å². The third-order valence-electron chi connectivity index (χ3n) is 5.38. The van der Waals surface area contributed by atoms with Crippen LogP contribution in [0.4, 0.5) is 0 Å². The van der Waals surface area contributed by atoms with Crippen LogP contribution in [0.1, 0.15) is 17.5 Å². The molecule has 1 N–H and O–H groups in total. The highest BCUT2D eigenvalue weighted by Crippen LogP contribution is 2.45. The first-order valence-electron chi connectivity index (χ1n) is 9.66. The molecule has 2 aromatic rings. The number of aryl methyl sites for hydroxylation is 1. The van der Waals surface area contributed by atoms with E-state index in [1.54, 1.807) is 30.6 Å². The van der Waals surface area contributed by atoms with Crippen molar-refractivity contribution in [1.82, 2.24) is 19.8 Å². The lowest BCUT2D eigenvalue weighted by Gasteiger charge is -2.50. The van der Waals surface area contributed by atoms with Gasteiger partial charge in [-0.25, -0.2) is 0 Å². The van der Waals surface area contributed by atoms with Gasteiger partial charge in [-0.15, -0.1) is 11.8 Å². The highest BCUT2D eigenvalue weighted by Gasteiger charge is 2.53. The van der Waals surface area contributed by atoms with Crippen LogP contribution in [0.3, 0.4) is 0 Å². The first-order chi connectivity index (χ1) is 14.0. The summed E-state index contributed by atoms with van der Waals surface area (Å²) in [5.74, 6) is 0.929. The van der Waals surface area contributed by atoms with Crippen molar-refractivity contribution in [3.63, 3.8) is 0 Å². The summed E-state index contributed by atoms with van der Waals surface area (Å²) >= 11 is 1.87. The average Bonchev–Trinajstić information content (AvgIpc) is 3.30. The molecule has 2 aromatic heterocycles. The minimum absolute atomic E-state index is 0.0228. The number of carbonyl (C=O) groups excluding carboxylic acids is 2. The minimum atomic E-state index is -0.0950. The second-order valence-corrected chi connectivity index (χ2v) is 9.02. The molecule has 1 spiro atoms. The maximum Gasteiger partial charge on any atom is 0.246 e. The molecule has 0 bridgehead atoms. The second-order valence-electron chi connectivity index (χ2n) is 7.51. The van der Waals surface area contributed by atoms with Crippen LogP contribution >= 0.6 is 11.8 Å². The number of nitrogens with one attached hydrogen (secondary N) is 1. The summed E-state index contributed by atoms with van der Waals surface area (Å²) in [5, 5.41) is 3.14. The van der Waals surface area contributed by atoms with Crippen molar-refractivity contribution in [3.05, 3.63) is 66.3 Å². The number of hydrogen-bond donors (Lipinski definition) is 1. The molecule has 2 fully saturated rings. The van der Waals surface area contributed by atoms with E-state index in [2.05, 4.69) is 10.3 Å². The van der Waals surface area contributed by atoms with Gasteiger partial charge >= 0.3 is 0 Å². The van der Waals surface area contributed by atoms with Gasteiger partial charge in [0.25, 0.3) is 0 Å². The number of rotatable bonds is 5. The van der Waals surface area contributed by atoms with Gasteiger partial charge in [-0.1, -0.05) is 0 Å². The molecule has 2 saturated heterocycles. The lowest BCUT2D eigenvalue weighted by molar-refractivity contribution is -0.131. The molecule has 1 unspecified atom stereocenters. The van der Waals surface area contributed by atoms with Crippen molar-refractivity contribution in [1.29, 1.82) is 0 Å².